The zero-order chi connectivity index (χ0) is 14.7. The molecule has 1 aromatic carbocycles. The first-order valence-corrected chi connectivity index (χ1v) is 7.20. The van der Waals surface area contributed by atoms with Crippen LogP contribution < -0.4 is 10.6 Å². The predicted octanol–water partition coefficient (Wildman–Crippen LogP) is 1.37. The molecule has 1 amide bonds. The molecule has 110 valence electrons. The molecule has 2 N–H and O–H groups in total. The number of hydrogen-bond donors (Lipinski definition) is 1. The third-order valence-corrected chi connectivity index (χ3v) is 3.92. The average molecular weight is 284 g/mol. The minimum absolute atomic E-state index is 0.377. The molecular formula is C16H20N4O. The van der Waals surface area contributed by atoms with Gasteiger partial charge in [-0.1, -0.05) is 0 Å². The highest BCUT2D eigenvalue weighted by Crippen LogP contribution is 2.17. The van der Waals surface area contributed by atoms with Gasteiger partial charge in [-0.25, -0.2) is 0 Å². The summed E-state index contributed by atoms with van der Waals surface area (Å²) in [5, 5.41) is 0. The number of nitrogens with zero attached hydrogens (tertiary/aromatic N) is 3. The minimum atomic E-state index is -0.377. The highest BCUT2D eigenvalue weighted by Gasteiger charge is 2.17. The van der Waals surface area contributed by atoms with Crippen molar-refractivity contribution in [2.45, 2.75) is 6.67 Å². The quantitative estimate of drug-likeness (QED) is 0.922. The first kappa shape index (κ1) is 13.7. The number of primary amides is 1. The van der Waals surface area contributed by atoms with E-state index in [-0.39, 0.29) is 5.91 Å². The zero-order valence-corrected chi connectivity index (χ0v) is 12.0. The zero-order valence-electron chi connectivity index (χ0n) is 12.0. The molecule has 0 unspecified atom stereocenters. The van der Waals surface area contributed by atoms with Crippen LogP contribution in [-0.4, -0.2) is 41.6 Å². The Kier molecular flexibility index (Phi) is 3.92. The van der Waals surface area contributed by atoms with Crippen LogP contribution >= 0.6 is 0 Å². The molecule has 0 spiro atoms. The maximum atomic E-state index is 11.1. The lowest BCUT2D eigenvalue weighted by atomic mass is 10.1. The fourth-order valence-corrected chi connectivity index (χ4v) is 2.68. The maximum Gasteiger partial charge on any atom is 0.248 e. The Morgan fingerprint density at radius 1 is 1.00 bits per heavy atom. The van der Waals surface area contributed by atoms with Crippen molar-refractivity contribution in [1.82, 2.24) is 9.47 Å². The summed E-state index contributed by atoms with van der Waals surface area (Å²) in [5.41, 5.74) is 6.98. The molecule has 2 aromatic rings. The second-order valence-corrected chi connectivity index (χ2v) is 5.35. The van der Waals surface area contributed by atoms with E-state index in [0.29, 0.717) is 5.56 Å². The van der Waals surface area contributed by atoms with Crippen molar-refractivity contribution in [3.8, 4) is 0 Å². The molecule has 0 aliphatic carbocycles. The molecule has 21 heavy (non-hydrogen) atoms. The Bertz CT molecular complexity index is 583. The highest BCUT2D eigenvalue weighted by atomic mass is 16.1. The number of amides is 1. The van der Waals surface area contributed by atoms with Crippen LogP contribution in [0.25, 0.3) is 0 Å². The van der Waals surface area contributed by atoms with Gasteiger partial charge >= 0.3 is 0 Å². The summed E-state index contributed by atoms with van der Waals surface area (Å²) in [6, 6.07) is 11.6. The van der Waals surface area contributed by atoms with Gasteiger partial charge in [0.05, 0.1) is 6.67 Å². The first-order chi connectivity index (χ1) is 10.2. The molecular weight excluding hydrogens is 264 g/mol. The third-order valence-electron chi connectivity index (χ3n) is 3.92. The molecule has 5 nitrogen and oxygen atoms in total. The van der Waals surface area contributed by atoms with Crippen LogP contribution in [0, 0.1) is 0 Å². The number of piperazine rings is 1. The van der Waals surface area contributed by atoms with Crippen LogP contribution in [0.2, 0.25) is 0 Å². The Morgan fingerprint density at radius 3 is 2.19 bits per heavy atom. The van der Waals surface area contributed by atoms with Crippen LogP contribution in [0.5, 0.6) is 0 Å². The summed E-state index contributed by atoms with van der Waals surface area (Å²) < 4.78 is 2.19. The van der Waals surface area contributed by atoms with Crippen LogP contribution in [-0.2, 0) is 6.67 Å². The topological polar surface area (TPSA) is 54.5 Å². The van der Waals surface area contributed by atoms with E-state index < -0.39 is 0 Å². The smallest absolute Gasteiger partial charge is 0.248 e. The number of carbonyl (C=O) groups excluding carboxylic acids is 1. The SMILES string of the molecule is NC(=O)c1ccc(N2CCN(Cn3cccc3)CC2)cc1. The summed E-state index contributed by atoms with van der Waals surface area (Å²) in [6.07, 6.45) is 4.18. The number of rotatable bonds is 4. The van der Waals surface area contributed by atoms with Gasteiger partial charge in [-0.15, -0.1) is 0 Å². The summed E-state index contributed by atoms with van der Waals surface area (Å²) in [5.74, 6) is -0.377. The number of benzene rings is 1. The first-order valence-electron chi connectivity index (χ1n) is 7.20. The fourth-order valence-electron chi connectivity index (χ4n) is 2.68. The molecule has 0 saturated carbocycles. The van der Waals surface area contributed by atoms with Gasteiger partial charge in [0, 0.05) is 49.8 Å². The van der Waals surface area contributed by atoms with Crippen molar-refractivity contribution >= 4 is 11.6 Å². The van der Waals surface area contributed by atoms with Crippen molar-refractivity contribution in [1.29, 1.82) is 0 Å². The Labute approximate surface area is 124 Å². The van der Waals surface area contributed by atoms with Gasteiger partial charge in [-0.2, -0.15) is 0 Å². The molecule has 1 fully saturated rings. The molecule has 0 bridgehead atoms. The Morgan fingerprint density at radius 2 is 1.62 bits per heavy atom. The van der Waals surface area contributed by atoms with E-state index in [2.05, 4.69) is 38.9 Å². The second kappa shape index (κ2) is 6.01. The average Bonchev–Trinajstić information content (AvgIpc) is 3.01. The summed E-state index contributed by atoms with van der Waals surface area (Å²) in [6.45, 7) is 5.02. The fraction of sp³-hybridized carbons (Fsp3) is 0.312. The van der Waals surface area contributed by atoms with Crippen molar-refractivity contribution in [3.63, 3.8) is 0 Å². The van der Waals surface area contributed by atoms with Crippen molar-refractivity contribution in [2.75, 3.05) is 31.1 Å². The lowest BCUT2D eigenvalue weighted by molar-refractivity contribution is 0.100. The summed E-state index contributed by atoms with van der Waals surface area (Å²) >= 11 is 0. The molecule has 5 heteroatoms. The van der Waals surface area contributed by atoms with Crippen molar-refractivity contribution in [2.24, 2.45) is 5.73 Å². The molecule has 1 aliphatic heterocycles. The molecule has 1 aliphatic rings. The number of anilines is 1. The molecule has 1 aromatic heterocycles. The predicted molar refractivity (Wildman–Crippen MR) is 83.2 cm³/mol. The van der Waals surface area contributed by atoms with E-state index in [1.807, 2.05) is 12.1 Å². The number of hydrogen-bond acceptors (Lipinski definition) is 3. The second-order valence-electron chi connectivity index (χ2n) is 5.35. The molecule has 2 heterocycles. The van der Waals surface area contributed by atoms with Crippen molar-refractivity contribution < 1.29 is 4.79 Å². The molecule has 3 rings (SSSR count). The number of carbonyl (C=O) groups is 1. The van der Waals surface area contributed by atoms with Crippen LogP contribution in [0.15, 0.2) is 48.8 Å². The van der Waals surface area contributed by atoms with Gasteiger partial charge in [0.25, 0.3) is 0 Å². The lowest BCUT2D eigenvalue weighted by Crippen LogP contribution is -2.46. The number of nitrogens with two attached hydrogens (primary N) is 1. The van der Waals surface area contributed by atoms with Crippen molar-refractivity contribution in [3.05, 3.63) is 54.4 Å². The van der Waals surface area contributed by atoms with Crippen LogP contribution in [0.4, 0.5) is 5.69 Å². The van der Waals surface area contributed by atoms with Gasteiger partial charge in [0.2, 0.25) is 5.91 Å². The monoisotopic (exact) mass is 284 g/mol. The Hall–Kier alpha value is -2.27. The Balaban J connectivity index is 1.56. The van der Waals surface area contributed by atoms with Gasteiger partial charge < -0.3 is 15.2 Å². The third kappa shape index (κ3) is 3.25. The van der Waals surface area contributed by atoms with Gasteiger partial charge in [-0.3, -0.25) is 9.69 Å². The number of aromatic nitrogens is 1. The van der Waals surface area contributed by atoms with Crippen LogP contribution in [0.3, 0.4) is 0 Å². The maximum absolute atomic E-state index is 11.1. The minimum Gasteiger partial charge on any atom is -0.369 e. The lowest BCUT2D eigenvalue weighted by Gasteiger charge is -2.36. The summed E-state index contributed by atoms with van der Waals surface area (Å²) in [7, 11) is 0. The van der Waals surface area contributed by atoms with E-state index in [9.17, 15) is 4.79 Å². The van der Waals surface area contributed by atoms with Gasteiger partial charge in [0.15, 0.2) is 0 Å². The van der Waals surface area contributed by atoms with E-state index in [1.54, 1.807) is 12.1 Å². The van der Waals surface area contributed by atoms with Crippen LogP contribution in [0.1, 0.15) is 10.4 Å². The normalized spacial score (nSPS) is 16.1. The van der Waals surface area contributed by atoms with E-state index in [4.69, 9.17) is 5.73 Å². The van der Waals surface area contributed by atoms with E-state index in [1.165, 1.54) is 0 Å². The standard InChI is InChI=1S/C16H20N4O/c17-16(21)14-3-5-15(6-4-14)20-11-9-19(10-12-20)13-18-7-1-2-8-18/h1-8H,9-13H2,(H2,17,21). The van der Waals surface area contributed by atoms with E-state index in [0.717, 1.165) is 38.5 Å². The summed E-state index contributed by atoms with van der Waals surface area (Å²) in [4.78, 5) is 15.9. The molecule has 1 saturated heterocycles. The molecule has 0 radical (unpaired) electrons. The van der Waals surface area contributed by atoms with Gasteiger partial charge in [0.1, 0.15) is 0 Å². The highest BCUT2D eigenvalue weighted by molar-refractivity contribution is 5.93. The largest absolute Gasteiger partial charge is 0.369 e. The van der Waals surface area contributed by atoms with E-state index >= 15 is 0 Å². The van der Waals surface area contributed by atoms with Gasteiger partial charge in [-0.05, 0) is 36.4 Å². The molecule has 0 atom stereocenters.